The van der Waals surface area contributed by atoms with Gasteiger partial charge in [0.05, 0.1) is 18.3 Å². The van der Waals surface area contributed by atoms with Crippen LogP contribution >= 0.6 is 0 Å². The fourth-order valence-corrected chi connectivity index (χ4v) is 3.74. The zero-order valence-corrected chi connectivity index (χ0v) is 15.2. The Bertz CT molecular complexity index is 814. The highest BCUT2D eigenvalue weighted by molar-refractivity contribution is 5.79. The summed E-state index contributed by atoms with van der Waals surface area (Å²) in [5.74, 6) is 0.692. The lowest BCUT2D eigenvalue weighted by Crippen LogP contribution is -2.36. The Morgan fingerprint density at radius 1 is 1.28 bits per heavy atom. The minimum atomic E-state index is -0.0858. The van der Waals surface area contributed by atoms with Gasteiger partial charge in [-0.15, -0.1) is 0 Å². The SMILES string of the molecule is CC[C@H]1CN(C(=O)CCn2ncc(=O)c3ccccc32)C[C@@H]1N(C)C. The molecule has 0 spiro atoms. The Morgan fingerprint density at radius 3 is 2.72 bits per heavy atom. The Hall–Kier alpha value is -2.21. The number of carbonyl (C=O) groups is 1. The summed E-state index contributed by atoms with van der Waals surface area (Å²) in [4.78, 5) is 28.7. The third kappa shape index (κ3) is 3.58. The summed E-state index contributed by atoms with van der Waals surface area (Å²) in [7, 11) is 4.16. The molecule has 0 bridgehead atoms. The quantitative estimate of drug-likeness (QED) is 0.828. The maximum Gasteiger partial charge on any atom is 0.224 e. The smallest absolute Gasteiger partial charge is 0.224 e. The molecule has 3 rings (SSSR count). The standard InChI is InChI=1S/C19H26N4O2/c1-4-14-12-22(13-17(14)21(2)3)19(25)9-10-23-16-8-6-5-7-15(16)18(24)11-20-23/h5-8,11,14,17H,4,9-10,12-13H2,1-3H3/t14-,17-/m0/s1. The molecule has 1 fully saturated rings. The van der Waals surface area contributed by atoms with Crippen LogP contribution in [-0.2, 0) is 11.3 Å². The Balaban J connectivity index is 1.69. The van der Waals surface area contributed by atoms with Crippen molar-refractivity contribution in [2.45, 2.75) is 32.4 Å². The predicted octanol–water partition coefficient (Wildman–Crippen LogP) is 1.59. The van der Waals surface area contributed by atoms with Gasteiger partial charge in [0.2, 0.25) is 11.3 Å². The van der Waals surface area contributed by atoms with Gasteiger partial charge >= 0.3 is 0 Å². The van der Waals surface area contributed by atoms with E-state index in [4.69, 9.17) is 0 Å². The van der Waals surface area contributed by atoms with E-state index in [1.54, 1.807) is 10.7 Å². The third-order valence-corrected chi connectivity index (χ3v) is 5.25. The normalized spacial score (nSPS) is 20.6. The average Bonchev–Trinajstić information content (AvgIpc) is 3.06. The molecule has 1 aliphatic rings. The molecule has 0 aliphatic carbocycles. The number of nitrogens with zero attached hydrogens (tertiary/aromatic N) is 4. The van der Waals surface area contributed by atoms with E-state index < -0.39 is 0 Å². The Labute approximate surface area is 148 Å². The van der Waals surface area contributed by atoms with Crippen LogP contribution in [0.3, 0.4) is 0 Å². The van der Waals surface area contributed by atoms with Crippen molar-refractivity contribution >= 4 is 16.8 Å². The number of benzene rings is 1. The Kier molecular flexibility index (Phi) is 5.18. The number of para-hydroxylation sites is 1. The number of fused-ring (bicyclic) bond motifs is 1. The number of likely N-dealkylation sites (N-methyl/N-ethyl adjacent to an activating group) is 1. The third-order valence-electron chi connectivity index (χ3n) is 5.25. The lowest BCUT2D eigenvalue weighted by molar-refractivity contribution is -0.130. The van der Waals surface area contributed by atoms with Crippen molar-refractivity contribution in [2.24, 2.45) is 5.92 Å². The lowest BCUT2D eigenvalue weighted by Gasteiger charge is -2.23. The van der Waals surface area contributed by atoms with Crippen LogP contribution in [0.25, 0.3) is 10.9 Å². The fourth-order valence-electron chi connectivity index (χ4n) is 3.74. The van der Waals surface area contributed by atoms with Crippen molar-refractivity contribution in [3.05, 3.63) is 40.7 Å². The summed E-state index contributed by atoms with van der Waals surface area (Å²) < 4.78 is 1.76. The minimum absolute atomic E-state index is 0.0858. The van der Waals surface area contributed by atoms with E-state index in [-0.39, 0.29) is 11.3 Å². The van der Waals surface area contributed by atoms with E-state index in [1.807, 2.05) is 23.1 Å². The number of aryl methyl sites for hydroxylation is 1. The summed E-state index contributed by atoms with van der Waals surface area (Å²) in [6.45, 7) is 4.30. The molecule has 1 amide bonds. The van der Waals surface area contributed by atoms with Crippen molar-refractivity contribution in [2.75, 3.05) is 27.2 Å². The molecule has 0 saturated carbocycles. The van der Waals surface area contributed by atoms with Crippen LogP contribution in [0.1, 0.15) is 19.8 Å². The van der Waals surface area contributed by atoms with Crippen LogP contribution in [0, 0.1) is 5.92 Å². The van der Waals surface area contributed by atoms with Crippen LogP contribution in [0.4, 0.5) is 0 Å². The molecule has 1 aliphatic heterocycles. The molecular weight excluding hydrogens is 316 g/mol. The second-order valence-electron chi connectivity index (χ2n) is 7.00. The van der Waals surface area contributed by atoms with Crippen LogP contribution in [0.5, 0.6) is 0 Å². The number of aromatic nitrogens is 2. The second kappa shape index (κ2) is 7.35. The average molecular weight is 342 g/mol. The summed E-state index contributed by atoms with van der Waals surface area (Å²) in [5, 5.41) is 4.85. The monoisotopic (exact) mass is 342 g/mol. The van der Waals surface area contributed by atoms with Crippen molar-refractivity contribution < 1.29 is 4.79 Å². The highest BCUT2D eigenvalue weighted by Gasteiger charge is 2.34. The second-order valence-corrected chi connectivity index (χ2v) is 7.00. The van der Waals surface area contributed by atoms with Gasteiger partial charge in [0.25, 0.3) is 0 Å². The molecule has 0 radical (unpaired) electrons. The van der Waals surface area contributed by atoms with Gasteiger partial charge in [0.1, 0.15) is 0 Å². The molecule has 1 saturated heterocycles. The van der Waals surface area contributed by atoms with Gasteiger partial charge in [-0.1, -0.05) is 25.5 Å². The zero-order valence-electron chi connectivity index (χ0n) is 15.2. The number of likely N-dealkylation sites (tertiary alicyclic amines) is 1. The number of amides is 1. The van der Waals surface area contributed by atoms with Gasteiger partial charge in [0, 0.05) is 30.9 Å². The van der Waals surface area contributed by atoms with Crippen molar-refractivity contribution in [3.8, 4) is 0 Å². The highest BCUT2D eigenvalue weighted by Crippen LogP contribution is 2.24. The van der Waals surface area contributed by atoms with Gasteiger partial charge in [-0.25, -0.2) is 0 Å². The molecule has 1 aromatic heterocycles. The topological polar surface area (TPSA) is 58.4 Å². The minimum Gasteiger partial charge on any atom is -0.341 e. The van der Waals surface area contributed by atoms with E-state index >= 15 is 0 Å². The maximum atomic E-state index is 12.7. The molecule has 6 nitrogen and oxygen atoms in total. The Morgan fingerprint density at radius 2 is 2.04 bits per heavy atom. The van der Waals surface area contributed by atoms with Crippen LogP contribution in [0.15, 0.2) is 35.3 Å². The van der Waals surface area contributed by atoms with Crippen LogP contribution in [0.2, 0.25) is 0 Å². The molecule has 25 heavy (non-hydrogen) atoms. The molecule has 0 unspecified atom stereocenters. The predicted molar refractivity (Wildman–Crippen MR) is 98.5 cm³/mol. The van der Waals surface area contributed by atoms with Gasteiger partial charge in [0.15, 0.2) is 0 Å². The van der Waals surface area contributed by atoms with E-state index in [2.05, 4.69) is 31.0 Å². The molecule has 6 heteroatoms. The van der Waals surface area contributed by atoms with Gasteiger partial charge in [-0.05, 0) is 32.1 Å². The molecular formula is C19H26N4O2. The maximum absolute atomic E-state index is 12.7. The van der Waals surface area contributed by atoms with Gasteiger partial charge < -0.3 is 9.80 Å². The fraction of sp³-hybridized carbons (Fsp3) is 0.526. The van der Waals surface area contributed by atoms with E-state index in [0.29, 0.717) is 30.3 Å². The summed E-state index contributed by atoms with van der Waals surface area (Å²) in [6, 6.07) is 7.83. The van der Waals surface area contributed by atoms with E-state index in [1.165, 1.54) is 6.20 Å². The number of carbonyl (C=O) groups excluding carboxylic acids is 1. The molecule has 1 aromatic carbocycles. The summed E-state index contributed by atoms with van der Waals surface area (Å²) >= 11 is 0. The summed E-state index contributed by atoms with van der Waals surface area (Å²) in [6.07, 6.45) is 2.81. The van der Waals surface area contributed by atoms with Crippen molar-refractivity contribution in [1.29, 1.82) is 0 Å². The zero-order chi connectivity index (χ0) is 18.0. The number of hydrogen-bond acceptors (Lipinski definition) is 4. The molecule has 134 valence electrons. The first-order valence-corrected chi connectivity index (χ1v) is 8.90. The van der Waals surface area contributed by atoms with Gasteiger partial charge in [-0.2, -0.15) is 5.10 Å². The largest absolute Gasteiger partial charge is 0.341 e. The van der Waals surface area contributed by atoms with Crippen molar-refractivity contribution in [3.63, 3.8) is 0 Å². The van der Waals surface area contributed by atoms with Crippen LogP contribution in [-0.4, -0.2) is 58.7 Å². The molecule has 2 heterocycles. The molecule has 2 aromatic rings. The first-order valence-electron chi connectivity index (χ1n) is 8.90. The van der Waals surface area contributed by atoms with E-state index in [9.17, 15) is 9.59 Å². The van der Waals surface area contributed by atoms with E-state index in [0.717, 1.165) is 25.0 Å². The number of rotatable bonds is 5. The molecule has 0 N–H and O–H groups in total. The van der Waals surface area contributed by atoms with Crippen molar-refractivity contribution in [1.82, 2.24) is 19.6 Å². The van der Waals surface area contributed by atoms with Crippen LogP contribution < -0.4 is 5.43 Å². The lowest BCUT2D eigenvalue weighted by atomic mass is 10.0. The first-order chi connectivity index (χ1) is 12.0. The number of hydrogen-bond donors (Lipinski definition) is 0. The molecule has 2 atom stereocenters. The first kappa shape index (κ1) is 17.6. The highest BCUT2D eigenvalue weighted by atomic mass is 16.2. The van der Waals surface area contributed by atoms with Gasteiger partial charge in [-0.3, -0.25) is 14.3 Å². The summed E-state index contributed by atoms with van der Waals surface area (Å²) in [5.41, 5.74) is 0.694.